The van der Waals surface area contributed by atoms with Crippen molar-refractivity contribution in [1.29, 1.82) is 0 Å². The minimum absolute atomic E-state index is 0.0170. The largest absolute Gasteiger partial charge is 0.507 e. The van der Waals surface area contributed by atoms with Gasteiger partial charge in [0.15, 0.2) is 23.0 Å². The minimum atomic E-state index is -0.875. The number of aromatic nitrogens is 1. The van der Waals surface area contributed by atoms with Crippen molar-refractivity contribution < 1.29 is 33.6 Å². The molecule has 0 unspecified atom stereocenters. The van der Waals surface area contributed by atoms with Crippen LogP contribution in [-0.2, 0) is 16.1 Å². The average Bonchev–Trinajstić information content (AvgIpc) is 3.22. The molecule has 2 aliphatic rings. The molecule has 0 aliphatic carbocycles. The Hall–Kier alpha value is -4.53. The monoisotopic (exact) mass is 558 g/mol. The summed E-state index contributed by atoms with van der Waals surface area (Å²) >= 11 is 0. The number of ketones is 1. The molecule has 2 aromatic carbocycles. The lowest BCUT2D eigenvalue weighted by molar-refractivity contribution is -0.140. The number of Topliss-reactive ketones (excluding diaryl/α,β-unsaturated/α-hetero) is 1. The Bertz CT molecular complexity index is 1450. The molecule has 3 aromatic rings. The van der Waals surface area contributed by atoms with Gasteiger partial charge in [0.1, 0.15) is 19.0 Å². The first-order valence-electron chi connectivity index (χ1n) is 13.8. The van der Waals surface area contributed by atoms with Gasteiger partial charge in [0.2, 0.25) is 0 Å². The SMILES string of the molecule is CCOc1cc([C@@H]2/C(=C(\O)c3ccc4c(c3)OCCO4)C(=O)C(=O)N2Cc2ccncc2)ccc1OCCC(C)C. The second-order valence-electron chi connectivity index (χ2n) is 10.3. The average molecular weight is 559 g/mol. The van der Waals surface area contributed by atoms with Crippen LogP contribution < -0.4 is 18.9 Å². The highest BCUT2D eigenvalue weighted by Gasteiger charge is 2.46. The third-order valence-corrected chi connectivity index (χ3v) is 6.99. The third-order valence-electron chi connectivity index (χ3n) is 6.99. The van der Waals surface area contributed by atoms with Gasteiger partial charge in [0.05, 0.1) is 24.8 Å². The highest BCUT2D eigenvalue weighted by molar-refractivity contribution is 6.46. The van der Waals surface area contributed by atoms with Crippen molar-refractivity contribution in [3.8, 4) is 23.0 Å². The Morgan fingerprint density at radius 2 is 1.76 bits per heavy atom. The van der Waals surface area contributed by atoms with Crippen molar-refractivity contribution in [3.63, 3.8) is 0 Å². The van der Waals surface area contributed by atoms with Crippen LogP contribution in [0.2, 0.25) is 0 Å². The number of carbonyl (C=O) groups excluding carboxylic acids is 2. The number of aliphatic hydroxyl groups is 1. The van der Waals surface area contributed by atoms with E-state index in [1.54, 1.807) is 60.9 Å². The molecule has 0 radical (unpaired) electrons. The van der Waals surface area contributed by atoms with Crippen LogP contribution in [0.25, 0.3) is 5.76 Å². The van der Waals surface area contributed by atoms with Gasteiger partial charge in [-0.1, -0.05) is 19.9 Å². The van der Waals surface area contributed by atoms with E-state index in [9.17, 15) is 14.7 Å². The van der Waals surface area contributed by atoms with Gasteiger partial charge in [0, 0.05) is 24.5 Å². The van der Waals surface area contributed by atoms with Crippen LogP contribution in [0.3, 0.4) is 0 Å². The minimum Gasteiger partial charge on any atom is -0.507 e. The summed E-state index contributed by atoms with van der Waals surface area (Å²) in [5.74, 6) is 0.807. The van der Waals surface area contributed by atoms with Gasteiger partial charge in [-0.3, -0.25) is 14.6 Å². The summed E-state index contributed by atoms with van der Waals surface area (Å²) in [7, 11) is 0. The second-order valence-corrected chi connectivity index (χ2v) is 10.3. The molecule has 9 heteroatoms. The van der Waals surface area contributed by atoms with Gasteiger partial charge < -0.3 is 29.0 Å². The maximum atomic E-state index is 13.5. The van der Waals surface area contributed by atoms with Gasteiger partial charge in [-0.05, 0) is 72.9 Å². The zero-order valence-electron chi connectivity index (χ0n) is 23.5. The first-order chi connectivity index (χ1) is 19.9. The van der Waals surface area contributed by atoms with E-state index >= 15 is 0 Å². The fraction of sp³-hybridized carbons (Fsp3) is 0.344. The zero-order valence-corrected chi connectivity index (χ0v) is 23.5. The molecule has 214 valence electrons. The molecule has 3 heterocycles. The summed E-state index contributed by atoms with van der Waals surface area (Å²) in [4.78, 5) is 32.5. The van der Waals surface area contributed by atoms with Crippen LogP contribution in [-0.4, -0.2) is 53.1 Å². The smallest absolute Gasteiger partial charge is 0.295 e. The summed E-state index contributed by atoms with van der Waals surface area (Å²) in [6.45, 7) is 8.01. The number of benzene rings is 2. The Morgan fingerprint density at radius 1 is 1.00 bits per heavy atom. The first-order valence-corrected chi connectivity index (χ1v) is 13.8. The molecule has 1 saturated heterocycles. The third kappa shape index (κ3) is 5.99. The fourth-order valence-electron chi connectivity index (χ4n) is 4.91. The maximum absolute atomic E-state index is 13.5. The van der Waals surface area contributed by atoms with E-state index in [2.05, 4.69) is 18.8 Å². The van der Waals surface area contributed by atoms with Gasteiger partial charge in [-0.25, -0.2) is 0 Å². The van der Waals surface area contributed by atoms with Gasteiger partial charge in [0.25, 0.3) is 11.7 Å². The van der Waals surface area contributed by atoms with Crippen molar-refractivity contribution in [2.75, 3.05) is 26.4 Å². The molecular weight excluding hydrogens is 524 g/mol. The number of rotatable bonds is 10. The van der Waals surface area contributed by atoms with Crippen LogP contribution in [0.4, 0.5) is 0 Å². The summed E-state index contributed by atoms with van der Waals surface area (Å²) in [6, 6.07) is 13.0. The molecule has 1 aromatic heterocycles. The number of pyridine rings is 1. The number of amides is 1. The molecule has 1 fully saturated rings. The normalized spacial score (nSPS) is 17.7. The number of aliphatic hydroxyl groups excluding tert-OH is 1. The highest BCUT2D eigenvalue weighted by atomic mass is 16.6. The second kappa shape index (κ2) is 12.3. The Kier molecular flexibility index (Phi) is 8.42. The van der Waals surface area contributed by atoms with E-state index in [0.717, 1.165) is 12.0 Å². The number of likely N-dealkylation sites (tertiary alicyclic amines) is 1. The molecule has 0 spiro atoms. The topological polar surface area (TPSA) is 107 Å². The fourth-order valence-corrected chi connectivity index (χ4v) is 4.91. The number of hydrogen-bond acceptors (Lipinski definition) is 8. The van der Waals surface area contributed by atoms with Crippen LogP contribution in [0, 0.1) is 5.92 Å². The Morgan fingerprint density at radius 3 is 2.49 bits per heavy atom. The van der Waals surface area contributed by atoms with E-state index in [0.29, 0.717) is 66.5 Å². The lowest BCUT2D eigenvalue weighted by Gasteiger charge is -2.26. The van der Waals surface area contributed by atoms with Gasteiger partial charge >= 0.3 is 0 Å². The van der Waals surface area contributed by atoms with E-state index in [4.69, 9.17) is 18.9 Å². The van der Waals surface area contributed by atoms with Crippen molar-refractivity contribution in [1.82, 2.24) is 9.88 Å². The molecule has 1 amide bonds. The molecule has 41 heavy (non-hydrogen) atoms. The molecule has 5 rings (SSSR count). The summed E-state index contributed by atoms with van der Waals surface area (Å²) in [5.41, 5.74) is 1.73. The molecule has 1 atom stereocenters. The predicted octanol–water partition coefficient (Wildman–Crippen LogP) is 5.30. The number of hydrogen-bond donors (Lipinski definition) is 1. The van der Waals surface area contributed by atoms with E-state index in [-0.39, 0.29) is 17.9 Å². The molecule has 0 bridgehead atoms. The predicted molar refractivity (Wildman–Crippen MR) is 152 cm³/mol. The molecular formula is C32H34N2O7. The number of ether oxygens (including phenoxy) is 4. The first kappa shape index (κ1) is 28.0. The quantitative estimate of drug-likeness (QED) is 0.203. The molecule has 2 aliphatic heterocycles. The van der Waals surface area contributed by atoms with Crippen molar-refractivity contribution >= 4 is 17.4 Å². The standard InChI is InChI=1S/C32H34N2O7/c1-4-38-26-17-22(5-7-24(26)39-14-11-20(2)3)29-28(30(35)23-6-8-25-27(18-23)41-16-15-40-25)31(36)32(37)34(29)19-21-9-12-33-13-10-21/h5-10,12-13,17-18,20,29,35H,4,11,14-16,19H2,1-3H3/b30-28+/t29-/m1/s1. The zero-order chi connectivity index (χ0) is 28.9. The van der Waals surface area contributed by atoms with Crippen molar-refractivity contribution in [2.24, 2.45) is 5.92 Å². The van der Waals surface area contributed by atoms with Gasteiger partial charge in [-0.2, -0.15) is 0 Å². The number of fused-ring (bicyclic) bond motifs is 1. The van der Waals surface area contributed by atoms with Crippen LogP contribution in [0.15, 0.2) is 66.5 Å². The van der Waals surface area contributed by atoms with E-state index in [1.165, 1.54) is 4.90 Å². The van der Waals surface area contributed by atoms with Crippen molar-refractivity contribution in [3.05, 3.63) is 83.2 Å². The summed E-state index contributed by atoms with van der Waals surface area (Å²) < 4.78 is 23.2. The lowest BCUT2D eigenvalue weighted by atomic mass is 9.94. The van der Waals surface area contributed by atoms with Gasteiger partial charge in [-0.15, -0.1) is 0 Å². The van der Waals surface area contributed by atoms with E-state index < -0.39 is 17.7 Å². The van der Waals surface area contributed by atoms with Crippen molar-refractivity contribution in [2.45, 2.75) is 39.8 Å². The summed E-state index contributed by atoms with van der Waals surface area (Å²) in [6.07, 6.45) is 4.15. The molecule has 1 N–H and O–H groups in total. The highest BCUT2D eigenvalue weighted by Crippen LogP contribution is 2.43. The molecule has 0 saturated carbocycles. The van der Waals surface area contributed by atoms with E-state index in [1.807, 2.05) is 6.92 Å². The van der Waals surface area contributed by atoms with Crippen LogP contribution >= 0.6 is 0 Å². The van der Waals surface area contributed by atoms with Crippen LogP contribution in [0.1, 0.15) is 49.9 Å². The summed E-state index contributed by atoms with van der Waals surface area (Å²) in [5, 5.41) is 11.5. The lowest BCUT2D eigenvalue weighted by Crippen LogP contribution is -2.29. The van der Waals surface area contributed by atoms with Crippen LogP contribution in [0.5, 0.6) is 23.0 Å². The number of carbonyl (C=O) groups is 2. The Balaban J connectivity index is 1.60. The molecule has 9 nitrogen and oxygen atoms in total. The maximum Gasteiger partial charge on any atom is 0.295 e. The Labute approximate surface area is 239 Å². The number of nitrogens with zero attached hydrogens (tertiary/aromatic N) is 2.